The molecule has 0 unspecified atom stereocenters. The Labute approximate surface area is 105 Å². The summed E-state index contributed by atoms with van der Waals surface area (Å²) in [4.78, 5) is 12.5. The number of unbranched alkanes of at least 4 members (excludes halogenated alkanes) is 2. The number of carbonyl (C=O) groups is 1. The normalized spacial score (nSPS) is 10.4. The van der Waals surface area contributed by atoms with Gasteiger partial charge in [-0.05, 0) is 40.9 Å². The lowest BCUT2D eigenvalue weighted by atomic mass is 10.1. The Morgan fingerprint density at radius 1 is 1.29 bits per heavy atom. The van der Waals surface area contributed by atoms with Crippen LogP contribution >= 0.6 is 43.2 Å². The van der Waals surface area contributed by atoms with Gasteiger partial charge in [-0.25, -0.2) is 0 Å². The van der Waals surface area contributed by atoms with Crippen LogP contribution in [-0.4, -0.2) is 11.1 Å². The van der Waals surface area contributed by atoms with Crippen LogP contribution in [0.3, 0.4) is 0 Å². The number of hydrogen-bond acceptors (Lipinski definition) is 2. The molecule has 0 saturated carbocycles. The zero-order valence-corrected chi connectivity index (χ0v) is 11.8. The average Bonchev–Trinajstić information content (AvgIpc) is 2.59. The van der Waals surface area contributed by atoms with E-state index in [-0.39, 0.29) is 5.78 Å². The first-order chi connectivity index (χ1) is 6.74. The van der Waals surface area contributed by atoms with E-state index in [0.717, 1.165) is 33.3 Å². The molecule has 0 aromatic carbocycles. The molecule has 0 fully saturated rings. The van der Waals surface area contributed by atoms with Gasteiger partial charge in [-0.1, -0.05) is 22.4 Å². The minimum atomic E-state index is 0.273. The van der Waals surface area contributed by atoms with Crippen LogP contribution in [0.5, 0.6) is 0 Å². The highest BCUT2D eigenvalue weighted by molar-refractivity contribution is 9.11. The molecule has 0 aliphatic carbocycles. The van der Waals surface area contributed by atoms with Crippen molar-refractivity contribution in [3.05, 3.63) is 20.8 Å². The molecule has 14 heavy (non-hydrogen) atoms. The first-order valence-electron chi connectivity index (χ1n) is 4.58. The molecule has 1 heterocycles. The molecule has 1 nitrogen and oxygen atoms in total. The lowest BCUT2D eigenvalue weighted by Crippen LogP contribution is -1.95. The third-order valence-electron chi connectivity index (χ3n) is 1.89. The second kappa shape index (κ2) is 6.75. The highest BCUT2D eigenvalue weighted by Gasteiger charge is 2.07. The SMILES string of the molecule is O=C(CCCCCBr)c1ccc(Br)s1. The highest BCUT2D eigenvalue weighted by atomic mass is 79.9. The number of Topliss-reactive ketones (excluding diaryl/α,β-unsaturated/α-hetero) is 1. The minimum Gasteiger partial charge on any atom is -0.293 e. The summed E-state index contributed by atoms with van der Waals surface area (Å²) in [7, 11) is 0. The Morgan fingerprint density at radius 2 is 2.07 bits per heavy atom. The molecule has 4 heteroatoms. The summed E-state index contributed by atoms with van der Waals surface area (Å²) < 4.78 is 1.03. The van der Waals surface area contributed by atoms with Crippen LogP contribution in [0.15, 0.2) is 15.9 Å². The molecule has 0 aliphatic rings. The lowest BCUT2D eigenvalue weighted by molar-refractivity contribution is 0.0983. The van der Waals surface area contributed by atoms with Gasteiger partial charge in [0.25, 0.3) is 0 Å². The Kier molecular flexibility index (Phi) is 5.98. The third-order valence-corrected chi connectivity index (χ3v) is 4.11. The number of thiophene rings is 1. The van der Waals surface area contributed by atoms with Crippen molar-refractivity contribution in [3.8, 4) is 0 Å². The molecule has 0 bridgehead atoms. The standard InChI is InChI=1S/C10H12Br2OS/c11-7-3-1-2-4-8(13)9-5-6-10(12)14-9/h5-6H,1-4,7H2. The fourth-order valence-corrected chi connectivity index (χ4v) is 2.89. The van der Waals surface area contributed by atoms with Gasteiger partial charge in [-0.2, -0.15) is 0 Å². The average molecular weight is 340 g/mol. The van der Waals surface area contributed by atoms with E-state index < -0.39 is 0 Å². The zero-order valence-electron chi connectivity index (χ0n) is 7.76. The molecule has 0 atom stereocenters. The van der Waals surface area contributed by atoms with Gasteiger partial charge in [0.05, 0.1) is 8.66 Å². The first-order valence-corrected chi connectivity index (χ1v) is 7.31. The summed E-state index contributed by atoms with van der Waals surface area (Å²) in [6.45, 7) is 0. The van der Waals surface area contributed by atoms with Crippen molar-refractivity contribution in [2.45, 2.75) is 25.7 Å². The molecular weight excluding hydrogens is 328 g/mol. The minimum absolute atomic E-state index is 0.273. The van der Waals surface area contributed by atoms with Gasteiger partial charge in [0.15, 0.2) is 5.78 Å². The number of rotatable bonds is 6. The molecule has 0 spiro atoms. The summed E-state index contributed by atoms with van der Waals surface area (Å²) in [5.41, 5.74) is 0. The maximum absolute atomic E-state index is 11.6. The van der Waals surface area contributed by atoms with E-state index in [9.17, 15) is 4.79 Å². The monoisotopic (exact) mass is 338 g/mol. The number of hydrogen-bond donors (Lipinski definition) is 0. The molecule has 0 amide bonds. The largest absolute Gasteiger partial charge is 0.293 e. The zero-order chi connectivity index (χ0) is 10.4. The van der Waals surface area contributed by atoms with Gasteiger partial charge in [0.1, 0.15) is 0 Å². The number of ketones is 1. The summed E-state index contributed by atoms with van der Waals surface area (Å²) in [6.07, 6.45) is 3.96. The second-order valence-electron chi connectivity index (χ2n) is 3.03. The van der Waals surface area contributed by atoms with Crippen LogP contribution in [0.1, 0.15) is 35.4 Å². The van der Waals surface area contributed by atoms with Gasteiger partial charge in [0.2, 0.25) is 0 Å². The van der Waals surface area contributed by atoms with Gasteiger partial charge < -0.3 is 0 Å². The van der Waals surface area contributed by atoms with Gasteiger partial charge in [-0.15, -0.1) is 11.3 Å². The van der Waals surface area contributed by atoms with Crippen LogP contribution in [0.25, 0.3) is 0 Å². The Morgan fingerprint density at radius 3 is 2.64 bits per heavy atom. The van der Waals surface area contributed by atoms with Crippen LogP contribution in [0.4, 0.5) is 0 Å². The van der Waals surface area contributed by atoms with Crippen molar-refractivity contribution in [2.75, 3.05) is 5.33 Å². The molecule has 1 rings (SSSR count). The summed E-state index contributed by atoms with van der Waals surface area (Å²) in [5.74, 6) is 0.273. The summed E-state index contributed by atoms with van der Waals surface area (Å²) in [6, 6.07) is 3.82. The van der Waals surface area contributed by atoms with Crippen LogP contribution < -0.4 is 0 Å². The Hall–Kier alpha value is 0.330. The van der Waals surface area contributed by atoms with Crippen molar-refractivity contribution < 1.29 is 4.79 Å². The lowest BCUT2D eigenvalue weighted by Gasteiger charge is -1.97. The van der Waals surface area contributed by atoms with Crippen molar-refractivity contribution in [1.29, 1.82) is 0 Å². The van der Waals surface area contributed by atoms with Gasteiger partial charge >= 0.3 is 0 Å². The van der Waals surface area contributed by atoms with Crippen molar-refractivity contribution in [2.24, 2.45) is 0 Å². The maximum atomic E-state index is 11.6. The van der Waals surface area contributed by atoms with E-state index in [1.54, 1.807) is 0 Å². The second-order valence-corrected chi connectivity index (χ2v) is 6.28. The van der Waals surface area contributed by atoms with Gasteiger partial charge in [0, 0.05) is 11.8 Å². The van der Waals surface area contributed by atoms with E-state index >= 15 is 0 Å². The molecule has 0 saturated heterocycles. The molecule has 78 valence electrons. The van der Waals surface area contributed by atoms with Crippen LogP contribution in [0, 0.1) is 0 Å². The van der Waals surface area contributed by atoms with E-state index in [0.29, 0.717) is 6.42 Å². The topological polar surface area (TPSA) is 17.1 Å². The predicted octanol–water partition coefficient (Wildman–Crippen LogP) is 4.65. The smallest absolute Gasteiger partial charge is 0.172 e. The van der Waals surface area contributed by atoms with Gasteiger partial charge in [-0.3, -0.25) is 4.79 Å². The van der Waals surface area contributed by atoms with E-state index in [1.165, 1.54) is 11.3 Å². The van der Waals surface area contributed by atoms with E-state index in [1.807, 2.05) is 12.1 Å². The van der Waals surface area contributed by atoms with Crippen LogP contribution in [-0.2, 0) is 0 Å². The molecule has 1 aromatic rings. The van der Waals surface area contributed by atoms with Crippen molar-refractivity contribution >= 4 is 49.0 Å². The molecule has 0 aliphatic heterocycles. The maximum Gasteiger partial charge on any atom is 0.172 e. The molecule has 1 aromatic heterocycles. The Balaban J connectivity index is 2.29. The fourth-order valence-electron chi connectivity index (χ4n) is 1.14. The molecular formula is C10H12Br2OS. The highest BCUT2D eigenvalue weighted by Crippen LogP contribution is 2.23. The van der Waals surface area contributed by atoms with Crippen molar-refractivity contribution in [1.82, 2.24) is 0 Å². The number of alkyl halides is 1. The number of carbonyl (C=O) groups excluding carboxylic acids is 1. The van der Waals surface area contributed by atoms with E-state index in [2.05, 4.69) is 31.9 Å². The number of halogens is 2. The Bertz CT molecular complexity index is 296. The molecule has 0 radical (unpaired) electrons. The van der Waals surface area contributed by atoms with Crippen LogP contribution in [0.2, 0.25) is 0 Å². The quantitative estimate of drug-likeness (QED) is 0.419. The summed E-state index contributed by atoms with van der Waals surface area (Å²) in [5, 5.41) is 1.03. The predicted molar refractivity (Wildman–Crippen MR) is 68.6 cm³/mol. The van der Waals surface area contributed by atoms with Crippen molar-refractivity contribution in [3.63, 3.8) is 0 Å². The third kappa shape index (κ3) is 4.24. The van der Waals surface area contributed by atoms with E-state index in [4.69, 9.17) is 0 Å². The first kappa shape index (κ1) is 12.4. The summed E-state index contributed by atoms with van der Waals surface area (Å²) >= 11 is 8.25. The fraction of sp³-hybridized carbons (Fsp3) is 0.500. The molecule has 0 N–H and O–H groups in total.